The lowest BCUT2D eigenvalue weighted by Gasteiger charge is -2.06. The van der Waals surface area contributed by atoms with Gasteiger partial charge in [-0.15, -0.1) is 0 Å². The van der Waals surface area contributed by atoms with Gasteiger partial charge in [0.25, 0.3) is 0 Å². The van der Waals surface area contributed by atoms with E-state index in [1.54, 1.807) is 13.3 Å². The van der Waals surface area contributed by atoms with E-state index in [4.69, 9.17) is 4.74 Å². The van der Waals surface area contributed by atoms with Crippen molar-refractivity contribution in [3.8, 4) is 17.1 Å². The summed E-state index contributed by atoms with van der Waals surface area (Å²) < 4.78 is 19.2. The van der Waals surface area contributed by atoms with Crippen LogP contribution in [0.5, 0.6) is 5.75 Å². The Morgan fingerprint density at radius 3 is 2.35 bits per heavy atom. The molecule has 3 nitrogen and oxygen atoms in total. The molecule has 0 bridgehead atoms. The summed E-state index contributed by atoms with van der Waals surface area (Å²) in [7, 11) is 1.61. The SMILES string of the molecule is CCCCCCCCc1cnc(-c2ccc(OC)cc2)nc1F. The van der Waals surface area contributed by atoms with Crippen LogP contribution in [0.3, 0.4) is 0 Å². The lowest BCUT2D eigenvalue weighted by molar-refractivity contribution is 0.415. The maximum atomic E-state index is 14.1. The van der Waals surface area contributed by atoms with Crippen LogP contribution >= 0.6 is 0 Å². The third kappa shape index (κ3) is 5.31. The highest BCUT2D eigenvalue weighted by Gasteiger charge is 2.08. The van der Waals surface area contributed by atoms with E-state index in [9.17, 15) is 4.39 Å². The zero-order valence-electron chi connectivity index (χ0n) is 14.0. The number of unbranched alkanes of at least 4 members (excludes halogenated alkanes) is 5. The molecule has 0 spiro atoms. The summed E-state index contributed by atoms with van der Waals surface area (Å²) in [6.45, 7) is 2.21. The number of rotatable bonds is 9. The summed E-state index contributed by atoms with van der Waals surface area (Å²) in [6, 6.07) is 7.31. The van der Waals surface area contributed by atoms with Gasteiger partial charge in [-0.3, -0.25) is 0 Å². The second-order valence-corrected chi connectivity index (χ2v) is 5.76. The molecule has 0 aliphatic rings. The van der Waals surface area contributed by atoms with Gasteiger partial charge in [-0.2, -0.15) is 9.37 Å². The Kier molecular flexibility index (Phi) is 6.98. The number of hydrogen-bond acceptors (Lipinski definition) is 3. The molecule has 0 atom stereocenters. The second kappa shape index (κ2) is 9.23. The molecule has 2 aromatic rings. The van der Waals surface area contributed by atoms with E-state index >= 15 is 0 Å². The molecule has 0 fully saturated rings. The number of aryl methyl sites for hydroxylation is 1. The third-order valence-electron chi connectivity index (χ3n) is 3.96. The van der Waals surface area contributed by atoms with Gasteiger partial charge in [0.15, 0.2) is 5.82 Å². The first-order chi connectivity index (χ1) is 11.2. The summed E-state index contributed by atoms with van der Waals surface area (Å²) in [6.07, 6.45) is 9.48. The van der Waals surface area contributed by atoms with E-state index < -0.39 is 5.95 Å². The normalized spacial score (nSPS) is 10.7. The molecule has 124 valence electrons. The third-order valence-corrected chi connectivity index (χ3v) is 3.96. The number of halogens is 1. The van der Waals surface area contributed by atoms with E-state index in [0.29, 0.717) is 17.8 Å². The van der Waals surface area contributed by atoms with E-state index in [2.05, 4.69) is 16.9 Å². The summed E-state index contributed by atoms with van der Waals surface area (Å²) in [5.41, 5.74) is 1.40. The maximum absolute atomic E-state index is 14.1. The molecule has 1 aromatic carbocycles. The first-order valence-corrected chi connectivity index (χ1v) is 8.40. The van der Waals surface area contributed by atoms with Crippen molar-refractivity contribution in [2.75, 3.05) is 7.11 Å². The molecule has 0 radical (unpaired) electrons. The van der Waals surface area contributed by atoms with Crippen LogP contribution in [0.2, 0.25) is 0 Å². The van der Waals surface area contributed by atoms with Gasteiger partial charge in [0.1, 0.15) is 5.75 Å². The number of nitrogens with zero attached hydrogens (tertiary/aromatic N) is 2. The van der Waals surface area contributed by atoms with Crippen LogP contribution in [0, 0.1) is 5.95 Å². The van der Waals surface area contributed by atoms with Crippen molar-refractivity contribution < 1.29 is 9.13 Å². The lowest BCUT2D eigenvalue weighted by Crippen LogP contribution is -1.99. The lowest BCUT2D eigenvalue weighted by atomic mass is 10.1. The topological polar surface area (TPSA) is 35.0 Å². The fourth-order valence-electron chi connectivity index (χ4n) is 2.53. The minimum Gasteiger partial charge on any atom is -0.497 e. The molecule has 0 saturated carbocycles. The van der Waals surface area contributed by atoms with Crippen LogP contribution < -0.4 is 4.74 Å². The molecule has 2 rings (SSSR count). The first kappa shape index (κ1) is 17.4. The van der Waals surface area contributed by atoms with Gasteiger partial charge >= 0.3 is 0 Å². The Balaban J connectivity index is 1.92. The average Bonchev–Trinajstić information content (AvgIpc) is 2.59. The van der Waals surface area contributed by atoms with Crippen LogP contribution in [-0.4, -0.2) is 17.1 Å². The van der Waals surface area contributed by atoms with Crippen LogP contribution in [0.1, 0.15) is 51.0 Å². The molecule has 0 aliphatic carbocycles. The maximum Gasteiger partial charge on any atom is 0.219 e. The molecule has 1 aromatic heterocycles. The number of benzene rings is 1. The zero-order valence-corrected chi connectivity index (χ0v) is 14.0. The quantitative estimate of drug-likeness (QED) is 0.471. The minimum absolute atomic E-state index is 0.403. The van der Waals surface area contributed by atoms with Gasteiger partial charge in [-0.05, 0) is 37.1 Å². The Morgan fingerprint density at radius 1 is 1.00 bits per heavy atom. The van der Waals surface area contributed by atoms with Crippen molar-refractivity contribution in [2.24, 2.45) is 0 Å². The number of ether oxygens (including phenoxy) is 1. The zero-order chi connectivity index (χ0) is 16.5. The highest BCUT2D eigenvalue weighted by Crippen LogP contribution is 2.20. The van der Waals surface area contributed by atoms with Crippen LogP contribution in [0.25, 0.3) is 11.4 Å². The predicted octanol–water partition coefficient (Wildman–Crippen LogP) is 5.19. The fourth-order valence-corrected chi connectivity index (χ4v) is 2.53. The van der Waals surface area contributed by atoms with Gasteiger partial charge in [0, 0.05) is 17.3 Å². The monoisotopic (exact) mass is 316 g/mol. The minimum atomic E-state index is -0.403. The van der Waals surface area contributed by atoms with E-state index in [-0.39, 0.29) is 0 Å². The van der Waals surface area contributed by atoms with Gasteiger partial charge < -0.3 is 4.74 Å². The van der Waals surface area contributed by atoms with E-state index in [0.717, 1.165) is 24.2 Å². The average molecular weight is 316 g/mol. The second-order valence-electron chi connectivity index (χ2n) is 5.76. The van der Waals surface area contributed by atoms with E-state index in [1.807, 2.05) is 24.3 Å². The summed E-state index contributed by atoms with van der Waals surface area (Å²) in [5.74, 6) is 0.769. The largest absolute Gasteiger partial charge is 0.497 e. The smallest absolute Gasteiger partial charge is 0.219 e. The van der Waals surface area contributed by atoms with Crippen molar-refractivity contribution in [3.63, 3.8) is 0 Å². The molecule has 0 amide bonds. The molecule has 23 heavy (non-hydrogen) atoms. The molecule has 4 heteroatoms. The van der Waals surface area contributed by atoms with Gasteiger partial charge in [-0.1, -0.05) is 39.0 Å². The highest BCUT2D eigenvalue weighted by molar-refractivity contribution is 5.56. The summed E-state index contributed by atoms with van der Waals surface area (Å²) in [5, 5.41) is 0. The predicted molar refractivity (Wildman–Crippen MR) is 91.1 cm³/mol. The summed E-state index contributed by atoms with van der Waals surface area (Å²) in [4.78, 5) is 8.31. The van der Waals surface area contributed by atoms with Crippen LogP contribution in [0.4, 0.5) is 4.39 Å². The van der Waals surface area contributed by atoms with Crippen molar-refractivity contribution in [3.05, 3.63) is 42.0 Å². The fraction of sp³-hybridized carbons (Fsp3) is 0.474. The molecular weight excluding hydrogens is 291 g/mol. The van der Waals surface area contributed by atoms with Crippen LogP contribution in [-0.2, 0) is 6.42 Å². The van der Waals surface area contributed by atoms with Crippen molar-refractivity contribution in [1.82, 2.24) is 9.97 Å². The molecule has 0 saturated heterocycles. The number of methoxy groups -OCH3 is 1. The molecular formula is C19H25FN2O. The van der Waals surface area contributed by atoms with E-state index in [1.165, 1.54) is 25.7 Å². The van der Waals surface area contributed by atoms with Gasteiger partial charge in [-0.25, -0.2) is 4.98 Å². The van der Waals surface area contributed by atoms with Crippen molar-refractivity contribution >= 4 is 0 Å². The van der Waals surface area contributed by atoms with Crippen molar-refractivity contribution in [1.29, 1.82) is 0 Å². The first-order valence-electron chi connectivity index (χ1n) is 8.40. The molecule has 0 aliphatic heterocycles. The number of hydrogen-bond donors (Lipinski definition) is 0. The molecule has 0 N–H and O–H groups in total. The Hall–Kier alpha value is -1.97. The number of aromatic nitrogens is 2. The van der Waals surface area contributed by atoms with Crippen molar-refractivity contribution in [2.45, 2.75) is 51.9 Å². The van der Waals surface area contributed by atoms with Crippen LogP contribution in [0.15, 0.2) is 30.5 Å². The van der Waals surface area contributed by atoms with Gasteiger partial charge in [0.2, 0.25) is 5.95 Å². The molecule has 0 unspecified atom stereocenters. The standard InChI is InChI=1S/C19H25FN2O/c1-3-4-5-6-7-8-9-16-14-21-19(22-18(16)20)15-10-12-17(23-2)13-11-15/h10-14H,3-9H2,1-2H3. The Bertz CT molecular complexity index is 599. The highest BCUT2D eigenvalue weighted by atomic mass is 19.1. The van der Waals surface area contributed by atoms with Gasteiger partial charge in [0.05, 0.1) is 7.11 Å². The summed E-state index contributed by atoms with van der Waals surface area (Å²) >= 11 is 0. The Morgan fingerprint density at radius 2 is 1.70 bits per heavy atom. The Labute approximate surface area is 137 Å². The molecule has 1 heterocycles.